The maximum atomic E-state index is 9.80. The van der Waals surface area contributed by atoms with Crippen LogP contribution in [-0.2, 0) is 30.2 Å². The second kappa shape index (κ2) is 8.71. The molecule has 0 heterocycles. The second-order valence-electron chi connectivity index (χ2n) is 1.42. The van der Waals surface area contributed by atoms with E-state index in [1.165, 1.54) is 0 Å². The van der Waals surface area contributed by atoms with Gasteiger partial charge < -0.3 is 0 Å². The molecule has 0 fully saturated rings. The number of hydrogen-bond acceptors (Lipinski definition) is 2. The Hall–Kier alpha value is 0.708. The third-order valence-corrected chi connectivity index (χ3v) is 1.10. The first kappa shape index (κ1) is 12.4. The Bertz CT molecular complexity index is 78.2. The first-order valence-electron chi connectivity index (χ1n) is 2.56. The fourth-order valence-electron chi connectivity index (χ4n) is 0.287. The van der Waals surface area contributed by atoms with Crippen LogP contribution in [0.2, 0.25) is 0 Å². The van der Waals surface area contributed by atoms with Gasteiger partial charge in [-0.3, -0.25) is 0 Å². The molecule has 0 aromatic carbocycles. The minimum atomic E-state index is -2.36. The third-order valence-electron chi connectivity index (χ3n) is 0.700. The van der Waals surface area contributed by atoms with Crippen LogP contribution in [-0.4, -0.2) is 11.5 Å². The molecule has 0 bridgehead atoms. The van der Waals surface area contributed by atoms with Crippen molar-refractivity contribution in [2.75, 3.05) is 6.61 Å². The molecule has 1 N–H and O–H groups in total. The summed E-state index contributed by atoms with van der Waals surface area (Å²) in [5.41, 5.74) is 0. The maximum Gasteiger partial charge on any atom is 0.694 e. The van der Waals surface area contributed by atoms with Gasteiger partial charge in [0.25, 0.3) is 0 Å². The van der Waals surface area contributed by atoms with Gasteiger partial charge in [-0.2, -0.15) is 0 Å². The van der Waals surface area contributed by atoms with Crippen LogP contribution in [0.4, 0.5) is 0 Å². The Morgan fingerprint density at radius 1 is 1.67 bits per heavy atom. The van der Waals surface area contributed by atoms with Crippen LogP contribution < -0.4 is 0 Å². The Balaban J connectivity index is 0. The van der Waals surface area contributed by atoms with Crippen molar-refractivity contribution in [3.8, 4) is 0 Å². The van der Waals surface area contributed by atoms with Crippen molar-refractivity contribution in [3.63, 3.8) is 0 Å². The number of rotatable bonds is 4. The molecule has 54 valence electrons. The standard InChI is InChI=1S/C4H9O3P.Mo/c1-2-3-4-7-8(5)6;/h2-4H2,1H3;/p+1. The molecule has 9 heavy (non-hydrogen) atoms. The van der Waals surface area contributed by atoms with Crippen LogP contribution >= 0.6 is 8.25 Å². The quantitative estimate of drug-likeness (QED) is 0.454. The summed E-state index contributed by atoms with van der Waals surface area (Å²) in [6, 6.07) is 0. The summed E-state index contributed by atoms with van der Waals surface area (Å²) in [7, 11) is -2.36. The molecule has 0 aromatic heterocycles. The fourth-order valence-corrected chi connectivity index (χ4v) is 0.572. The molecule has 5 heteroatoms. The maximum absolute atomic E-state index is 9.80. The van der Waals surface area contributed by atoms with Crippen molar-refractivity contribution in [2.45, 2.75) is 19.8 Å². The summed E-state index contributed by atoms with van der Waals surface area (Å²) in [6.45, 7) is 2.38. The zero-order chi connectivity index (χ0) is 6.41. The van der Waals surface area contributed by atoms with E-state index in [1.807, 2.05) is 6.92 Å². The molecule has 0 aliphatic carbocycles. The van der Waals surface area contributed by atoms with Crippen LogP contribution in [0.15, 0.2) is 0 Å². The molecule has 0 amide bonds. The van der Waals surface area contributed by atoms with Gasteiger partial charge in [-0.15, -0.1) is 9.42 Å². The van der Waals surface area contributed by atoms with Crippen LogP contribution in [0.1, 0.15) is 19.8 Å². The smallest absolute Gasteiger partial charge is 0.133 e. The SMILES string of the molecule is CCCCO[P+](=O)O.[Mo]. The van der Waals surface area contributed by atoms with Crippen molar-refractivity contribution in [1.29, 1.82) is 0 Å². The van der Waals surface area contributed by atoms with Crippen LogP contribution in [0, 0.1) is 0 Å². The van der Waals surface area contributed by atoms with E-state index in [9.17, 15) is 4.57 Å². The van der Waals surface area contributed by atoms with Gasteiger partial charge in [0.2, 0.25) is 0 Å². The minimum absolute atomic E-state index is 0. The molecule has 0 saturated heterocycles. The molecule has 0 aliphatic rings. The molecule has 0 aromatic rings. The van der Waals surface area contributed by atoms with Gasteiger partial charge in [0.1, 0.15) is 6.61 Å². The largest absolute Gasteiger partial charge is 0.694 e. The van der Waals surface area contributed by atoms with Crippen molar-refractivity contribution in [1.82, 2.24) is 0 Å². The number of hydrogen-bond donors (Lipinski definition) is 1. The predicted octanol–water partition coefficient (Wildman–Crippen LogP) is 1.45. The normalized spacial score (nSPS) is 10.2. The summed E-state index contributed by atoms with van der Waals surface area (Å²) in [5, 5.41) is 0. The van der Waals surface area contributed by atoms with Gasteiger partial charge in [-0.25, -0.2) is 0 Å². The zero-order valence-electron chi connectivity index (χ0n) is 5.24. The molecule has 0 aliphatic heterocycles. The molecule has 0 radical (unpaired) electrons. The molecule has 1 unspecified atom stereocenters. The predicted molar refractivity (Wildman–Crippen MR) is 30.7 cm³/mol. The third kappa shape index (κ3) is 12.0. The second-order valence-corrected chi connectivity index (χ2v) is 2.16. The van der Waals surface area contributed by atoms with Gasteiger partial charge >= 0.3 is 8.25 Å². The summed E-state index contributed by atoms with van der Waals surface area (Å²) < 4.78 is 14.1. The molecule has 0 saturated carbocycles. The number of unbranched alkanes of at least 4 members (excludes halogenated alkanes) is 1. The van der Waals surface area contributed by atoms with Gasteiger partial charge in [0, 0.05) is 25.6 Å². The van der Waals surface area contributed by atoms with E-state index in [0.717, 1.165) is 12.8 Å². The first-order valence-corrected chi connectivity index (χ1v) is 3.69. The van der Waals surface area contributed by atoms with E-state index in [1.54, 1.807) is 0 Å². The Morgan fingerprint density at radius 2 is 2.22 bits per heavy atom. The van der Waals surface area contributed by atoms with E-state index in [2.05, 4.69) is 4.52 Å². The molecular weight excluding hydrogens is 223 g/mol. The monoisotopic (exact) mass is 235 g/mol. The van der Waals surface area contributed by atoms with Crippen molar-refractivity contribution >= 4 is 8.25 Å². The fraction of sp³-hybridized carbons (Fsp3) is 1.00. The summed E-state index contributed by atoms with van der Waals surface area (Å²) >= 11 is 0. The van der Waals surface area contributed by atoms with E-state index >= 15 is 0 Å². The van der Waals surface area contributed by atoms with Crippen molar-refractivity contribution in [3.05, 3.63) is 0 Å². The van der Waals surface area contributed by atoms with Crippen LogP contribution in [0.25, 0.3) is 0 Å². The molecule has 3 nitrogen and oxygen atoms in total. The van der Waals surface area contributed by atoms with Crippen LogP contribution in [0.3, 0.4) is 0 Å². The molecule has 1 atom stereocenters. The summed E-state index contributed by atoms with van der Waals surface area (Å²) in [4.78, 5) is 8.07. The average molecular weight is 233 g/mol. The van der Waals surface area contributed by atoms with E-state index in [0.29, 0.717) is 6.61 Å². The van der Waals surface area contributed by atoms with Crippen molar-refractivity contribution in [2.24, 2.45) is 0 Å². The van der Waals surface area contributed by atoms with Gasteiger partial charge in [0.05, 0.1) is 0 Å². The minimum Gasteiger partial charge on any atom is -0.133 e. The Kier molecular flexibility index (Phi) is 12.0. The van der Waals surface area contributed by atoms with Gasteiger partial charge in [0.15, 0.2) is 0 Å². The Labute approximate surface area is 70.0 Å². The van der Waals surface area contributed by atoms with E-state index < -0.39 is 8.25 Å². The average Bonchev–Trinajstić information content (AvgIpc) is 1.66. The van der Waals surface area contributed by atoms with Gasteiger partial charge in [-0.05, 0) is 6.42 Å². The molecular formula is C4H10MoO3P+. The summed E-state index contributed by atoms with van der Waals surface area (Å²) in [6.07, 6.45) is 1.84. The Morgan fingerprint density at radius 3 is 2.56 bits per heavy atom. The first-order chi connectivity index (χ1) is 3.77. The topological polar surface area (TPSA) is 46.5 Å². The molecule has 0 spiro atoms. The van der Waals surface area contributed by atoms with E-state index in [4.69, 9.17) is 4.89 Å². The van der Waals surface area contributed by atoms with E-state index in [-0.39, 0.29) is 21.1 Å². The zero-order valence-corrected chi connectivity index (χ0v) is 8.14. The van der Waals surface area contributed by atoms with Gasteiger partial charge in [-0.1, -0.05) is 13.3 Å². The summed E-state index contributed by atoms with van der Waals surface area (Å²) in [5.74, 6) is 0. The van der Waals surface area contributed by atoms with Crippen LogP contribution in [0.5, 0.6) is 0 Å². The van der Waals surface area contributed by atoms with Crippen molar-refractivity contribution < 1.29 is 35.0 Å². The molecule has 0 rings (SSSR count).